The van der Waals surface area contributed by atoms with Crippen LogP contribution < -0.4 is 5.32 Å². The molecule has 0 atom stereocenters. The van der Waals surface area contributed by atoms with Gasteiger partial charge in [-0.15, -0.1) is 10.2 Å². The molecule has 0 aliphatic heterocycles. The quantitative estimate of drug-likeness (QED) is 0.435. The summed E-state index contributed by atoms with van der Waals surface area (Å²) in [5.41, 5.74) is 2.46. The first kappa shape index (κ1) is 18.5. The minimum atomic E-state index is -0.193. The van der Waals surface area contributed by atoms with E-state index in [1.807, 2.05) is 55.5 Å². The third-order valence-electron chi connectivity index (χ3n) is 4.13. The van der Waals surface area contributed by atoms with Crippen molar-refractivity contribution in [1.29, 1.82) is 0 Å². The van der Waals surface area contributed by atoms with Gasteiger partial charge in [-0.3, -0.25) is 4.79 Å². The Morgan fingerprint density at radius 3 is 2.71 bits per heavy atom. The first-order chi connectivity index (χ1) is 13.6. The Labute approximate surface area is 171 Å². The maximum atomic E-state index is 12.2. The van der Waals surface area contributed by atoms with Crippen LogP contribution in [0.15, 0.2) is 70.3 Å². The van der Waals surface area contributed by atoms with Gasteiger partial charge in [0.2, 0.25) is 11.8 Å². The van der Waals surface area contributed by atoms with Gasteiger partial charge < -0.3 is 9.73 Å². The molecule has 5 nitrogen and oxygen atoms in total. The molecular weight excluding hydrogens is 394 g/mol. The average molecular weight is 410 g/mol. The fraction of sp³-hybridized carbons (Fsp3) is 0.0952. The van der Waals surface area contributed by atoms with Crippen molar-refractivity contribution in [1.82, 2.24) is 10.2 Å². The first-order valence-corrected chi connectivity index (χ1v) is 9.96. The van der Waals surface area contributed by atoms with Gasteiger partial charge in [0.15, 0.2) is 0 Å². The molecule has 0 bridgehead atoms. The van der Waals surface area contributed by atoms with E-state index >= 15 is 0 Å². The van der Waals surface area contributed by atoms with Gasteiger partial charge in [0, 0.05) is 5.56 Å². The van der Waals surface area contributed by atoms with Crippen LogP contribution in [0.3, 0.4) is 0 Å². The van der Waals surface area contributed by atoms with Gasteiger partial charge in [0.05, 0.1) is 16.5 Å². The summed E-state index contributed by atoms with van der Waals surface area (Å²) in [6, 6.07) is 19.5. The second-order valence-corrected chi connectivity index (χ2v) is 7.59. The zero-order chi connectivity index (χ0) is 19.5. The molecular formula is C21H16ClN3O2S. The van der Waals surface area contributed by atoms with Crippen molar-refractivity contribution in [3.05, 3.63) is 71.2 Å². The molecule has 4 rings (SSSR count). The van der Waals surface area contributed by atoms with E-state index < -0.39 is 0 Å². The first-order valence-electron chi connectivity index (χ1n) is 8.60. The van der Waals surface area contributed by atoms with E-state index in [-0.39, 0.29) is 11.7 Å². The summed E-state index contributed by atoms with van der Waals surface area (Å²) in [6.45, 7) is 1.94. The minimum absolute atomic E-state index is 0.142. The third-order valence-corrected chi connectivity index (χ3v) is 5.26. The van der Waals surface area contributed by atoms with Crippen molar-refractivity contribution in [3.63, 3.8) is 0 Å². The van der Waals surface area contributed by atoms with E-state index in [0.717, 1.165) is 21.9 Å². The summed E-state index contributed by atoms with van der Waals surface area (Å²) in [7, 11) is 0. The molecule has 1 aromatic heterocycles. The Hall–Kier alpha value is -2.83. The van der Waals surface area contributed by atoms with Gasteiger partial charge >= 0.3 is 0 Å². The fourth-order valence-electron chi connectivity index (χ4n) is 2.74. The molecule has 0 aliphatic rings. The van der Waals surface area contributed by atoms with Crippen molar-refractivity contribution in [2.75, 3.05) is 11.1 Å². The Balaban J connectivity index is 1.40. The number of nitrogens with zero attached hydrogens (tertiary/aromatic N) is 2. The topological polar surface area (TPSA) is 68.0 Å². The molecule has 0 radical (unpaired) electrons. The molecule has 140 valence electrons. The number of thioether (sulfide) groups is 1. The molecule has 0 fully saturated rings. The number of anilines is 1. The van der Waals surface area contributed by atoms with Gasteiger partial charge in [0.1, 0.15) is 0 Å². The zero-order valence-electron chi connectivity index (χ0n) is 15.0. The summed E-state index contributed by atoms with van der Waals surface area (Å²) < 4.78 is 5.69. The van der Waals surface area contributed by atoms with E-state index in [9.17, 15) is 4.79 Å². The van der Waals surface area contributed by atoms with Gasteiger partial charge in [-0.25, -0.2) is 0 Å². The summed E-state index contributed by atoms with van der Waals surface area (Å²) in [5.74, 6) is 0.375. The number of amides is 1. The Bertz CT molecular complexity index is 1160. The molecule has 0 saturated carbocycles. The number of hydrogen-bond donors (Lipinski definition) is 1. The maximum absolute atomic E-state index is 12.2. The second-order valence-electron chi connectivity index (χ2n) is 6.26. The highest BCUT2D eigenvalue weighted by molar-refractivity contribution is 7.99. The van der Waals surface area contributed by atoms with E-state index in [4.69, 9.17) is 16.0 Å². The number of hydrogen-bond acceptors (Lipinski definition) is 5. The Morgan fingerprint density at radius 2 is 1.89 bits per heavy atom. The summed E-state index contributed by atoms with van der Waals surface area (Å²) in [5, 5.41) is 14.0. The van der Waals surface area contributed by atoms with Crippen molar-refractivity contribution < 1.29 is 9.21 Å². The molecule has 7 heteroatoms. The smallest absolute Gasteiger partial charge is 0.277 e. The Kier molecular flexibility index (Phi) is 5.32. The van der Waals surface area contributed by atoms with Gasteiger partial charge in [0.25, 0.3) is 5.22 Å². The van der Waals surface area contributed by atoms with E-state index in [0.29, 0.717) is 21.8 Å². The van der Waals surface area contributed by atoms with Crippen molar-refractivity contribution >= 4 is 45.7 Å². The van der Waals surface area contributed by atoms with Gasteiger partial charge in [-0.05, 0) is 47.5 Å². The number of fused-ring (bicyclic) bond motifs is 1. The molecule has 0 aliphatic carbocycles. The lowest BCUT2D eigenvalue weighted by Crippen LogP contribution is -2.14. The van der Waals surface area contributed by atoms with E-state index in [1.165, 1.54) is 11.8 Å². The molecule has 0 spiro atoms. The number of nitrogens with one attached hydrogen (secondary N) is 1. The number of rotatable bonds is 5. The van der Waals surface area contributed by atoms with Crippen LogP contribution in [0.1, 0.15) is 5.56 Å². The molecule has 1 N–H and O–H groups in total. The van der Waals surface area contributed by atoms with Crippen molar-refractivity contribution in [3.8, 4) is 11.5 Å². The number of aromatic nitrogens is 2. The average Bonchev–Trinajstić information content (AvgIpc) is 3.17. The maximum Gasteiger partial charge on any atom is 0.277 e. The summed E-state index contributed by atoms with van der Waals surface area (Å²) in [4.78, 5) is 12.2. The Morgan fingerprint density at radius 1 is 1.07 bits per heavy atom. The number of aryl methyl sites for hydroxylation is 1. The molecule has 28 heavy (non-hydrogen) atoms. The largest absolute Gasteiger partial charge is 0.411 e. The van der Waals surface area contributed by atoms with Gasteiger partial charge in [-0.1, -0.05) is 59.8 Å². The lowest BCUT2D eigenvalue weighted by atomic mass is 10.1. The predicted octanol–water partition coefficient (Wildman–Crippen LogP) is 5.58. The zero-order valence-corrected chi connectivity index (χ0v) is 16.6. The number of carbonyl (C=O) groups is 1. The second kappa shape index (κ2) is 8.04. The molecule has 1 heterocycles. The highest BCUT2D eigenvalue weighted by Crippen LogP contribution is 2.27. The van der Waals surface area contributed by atoms with Crippen LogP contribution in [0, 0.1) is 6.92 Å². The molecule has 0 saturated heterocycles. The van der Waals surface area contributed by atoms with Crippen LogP contribution in [0.25, 0.3) is 22.2 Å². The lowest BCUT2D eigenvalue weighted by molar-refractivity contribution is -0.113. The minimum Gasteiger partial charge on any atom is -0.411 e. The highest BCUT2D eigenvalue weighted by atomic mass is 35.5. The summed E-state index contributed by atoms with van der Waals surface area (Å²) in [6.07, 6.45) is 0. The van der Waals surface area contributed by atoms with E-state index in [2.05, 4.69) is 15.5 Å². The van der Waals surface area contributed by atoms with Crippen LogP contribution in [0.5, 0.6) is 0 Å². The molecule has 1 amide bonds. The number of halogens is 1. The lowest BCUT2D eigenvalue weighted by Gasteiger charge is -2.06. The third kappa shape index (κ3) is 4.18. The van der Waals surface area contributed by atoms with Crippen molar-refractivity contribution in [2.45, 2.75) is 12.1 Å². The monoisotopic (exact) mass is 409 g/mol. The van der Waals surface area contributed by atoms with Crippen molar-refractivity contribution in [2.24, 2.45) is 0 Å². The highest BCUT2D eigenvalue weighted by Gasteiger charge is 2.12. The fourth-order valence-corrected chi connectivity index (χ4v) is 3.59. The SMILES string of the molecule is Cc1ccc(NC(=O)CSc2nnc(-c3ccc4ccccc4c3)o2)c(Cl)c1. The van der Waals surface area contributed by atoms with Crippen LogP contribution >= 0.6 is 23.4 Å². The van der Waals surface area contributed by atoms with Crippen LogP contribution in [-0.2, 0) is 4.79 Å². The number of benzene rings is 3. The van der Waals surface area contributed by atoms with Crippen LogP contribution in [-0.4, -0.2) is 21.9 Å². The molecule has 0 unspecified atom stereocenters. The van der Waals surface area contributed by atoms with Gasteiger partial charge in [-0.2, -0.15) is 0 Å². The summed E-state index contributed by atoms with van der Waals surface area (Å²) >= 11 is 7.32. The van der Waals surface area contributed by atoms with Crippen LogP contribution in [0.2, 0.25) is 5.02 Å². The predicted molar refractivity (Wildman–Crippen MR) is 113 cm³/mol. The standard InChI is InChI=1S/C21H16ClN3O2S/c1-13-6-9-18(17(22)10-13)23-19(26)12-28-21-25-24-20(27-21)16-8-7-14-4-2-3-5-15(14)11-16/h2-11H,12H2,1H3,(H,23,26). The number of carbonyl (C=O) groups excluding carboxylic acids is 1. The molecule has 4 aromatic rings. The molecule has 3 aromatic carbocycles. The normalized spacial score (nSPS) is 10.9. The van der Waals surface area contributed by atoms with Crippen LogP contribution in [0.4, 0.5) is 5.69 Å². The van der Waals surface area contributed by atoms with E-state index in [1.54, 1.807) is 12.1 Å².